The van der Waals surface area contributed by atoms with Gasteiger partial charge in [0.15, 0.2) is 6.10 Å². The molecule has 1 amide bonds. The molecule has 0 bridgehead atoms. The third-order valence-electron chi connectivity index (χ3n) is 4.58. The molecule has 1 aliphatic rings. The number of hydrogen-bond donors (Lipinski definition) is 0. The molecule has 1 atom stereocenters. The molecular weight excluding hydrogens is 300 g/mol. The first-order chi connectivity index (χ1) is 11.7. The van der Waals surface area contributed by atoms with Crippen molar-refractivity contribution in [2.24, 2.45) is 5.92 Å². The van der Waals surface area contributed by atoms with Crippen molar-refractivity contribution in [3.63, 3.8) is 0 Å². The summed E-state index contributed by atoms with van der Waals surface area (Å²) in [4.78, 5) is 18.7. The average Bonchev–Trinajstić information content (AvgIpc) is 2.63. The Labute approximate surface area is 143 Å². The molecular formula is C20H24N2O2. The van der Waals surface area contributed by atoms with Crippen LogP contribution in [-0.4, -0.2) is 35.0 Å². The number of carbonyl (C=O) groups is 1. The third-order valence-corrected chi connectivity index (χ3v) is 4.58. The molecule has 1 unspecified atom stereocenters. The van der Waals surface area contributed by atoms with Crippen LogP contribution in [-0.2, 0) is 11.2 Å². The number of piperidine rings is 1. The summed E-state index contributed by atoms with van der Waals surface area (Å²) in [5.41, 5.74) is 1.28. The maximum Gasteiger partial charge on any atom is 0.263 e. The average molecular weight is 324 g/mol. The van der Waals surface area contributed by atoms with Crippen molar-refractivity contribution < 1.29 is 9.53 Å². The molecule has 0 radical (unpaired) electrons. The van der Waals surface area contributed by atoms with Gasteiger partial charge in [0.1, 0.15) is 5.75 Å². The van der Waals surface area contributed by atoms with Crippen molar-refractivity contribution in [1.29, 1.82) is 0 Å². The molecule has 2 heterocycles. The van der Waals surface area contributed by atoms with Gasteiger partial charge in [0.05, 0.1) is 0 Å². The van der Waals surface area contributed by atoms with Crippen LogP contribution in [0.5, 0.6) is 5.75 Å². The number of nitrogens with zero attached hydrogens (tertiary/aromatic N) is 2. The summed E-state index contributed by atoms with van der Waals surface area (Å²) in [6, 6.07) is 13.6. The summed E-state index contributed by atoms with van der Waals surface area (Å²) < 4.78 is 5.75. The molecule has 0 spiro atoms. The van der Waals surface area contributed by atoms with Crippen LogP contribution in [0.2, 0.25) is 0 Å². The molecule has 1 saturated heterocycles. The monoisotopic (exact) mass is 324 g/mol. The van der Waals surface area contributed by atoms with Gasteiger partial charge in [-0.15, -0.1) is 0 Å². The first kappa shape index (κ1) is 16.5. The highest BCUT2D eigenvalue weighted by atomic mass is 16.5. The fourth-order valence-electron chi connectivity index (χ4n) is 3.22. The fourth-order valence-corrected chi connectivity index (χ4v) is 3.22. The van der Waals surface area contributed by atoms with Crippen molar-refractivity contribution in [1.82, 2.24) is 9.88 Å². The van der Waals surface area contributed by atoms with E-state index < -0.39 is 6.10 Å². The minimum absolute atomic E-state index is 0.0821. The molecule has 0 aliphatic carbocycles. The summed E-state index contributed by atoms with van der Waals surface area (Å²) >= 11 is 0. The predicted octanol–water partition coefficient (Wildman–Crippen LogP) is 3.33. The topological polar surface area (TPSA) is 42.4 Å². The van der Waals surface area contributed by atoms with Gasteiger partial charge in [0, 0.05) is 25.5 Å². The van der Waals surface area contributed by atoms with Crippen LogP contribution in [0, 0.1) is 5.92 Å². The van der Waals surface area contributed by atoms with E-state index in [4.69, 9.17) is 4.74 Å². The van der Waals surface area contributed by atoms with Crippen LogP contribution < -0.4 is 4.74 Å². The molecule has 2 aromatic rings. The van der Waals surface area contributed by atoms with E-state index in [1.807, 2.05) is 54.4 Å². The highest BCUT2D eigenvalue weighted by Gasteiger charge is 2.27. The van der Waals surface area contributed by atoms with Gasteiger partial charge in [0.2, 0.25) is 0 Å². The molecule has 0 N–H and O–H groups in total. The second-order valence-electron chi connectivity index (χ2n) is 6.41. The van der Waals surface area contributed by atoms with E-state index in [0.717, 1.165) is 38.1 Å². The molecule has 1 aromatic carbocycles. The van der Waals surface area contributed by atoms with Gasteiger partial charge in [-0.2, -0.15) is 0 Å². The van der Waals surface area contributed by atoms with E-state index >= 15 is 0 Å². The van der Waals surface area contributed by atoms with Gasteiger partial charge < -0.3 is 9.64 Å². The van der Waals surface area contributed by atoms with E-state index in [2.05, 4.69) is 11.1 Å². The lowest BCUT2D eigenvalue weighted by Gasteiger charge is -2.33. The molecule has 1 fully saturated rings. The lowest BCUT2D eigenvalue weighted by molar-refractivity contribution is -0.139. The Morgan fingerprint density at radius 1 is 1.21 bits per heavy atom. The molecule has 1 aliphatic heterocycles. The zero-order chi connectivity index (χ0) is 16.8. The van der Waals surface area contributed by atoms with Crippen molar-refractivity contribution in [3.8, 4) is 5.75 Å². The smallest absolute Gasteiger partial charge is 0.263 e. The number of pyridine rings is 1. The molecule has 3 rings (SSSR count). The zero-order valence-corrected chi connectivity index (χ0v) is 14.1. The summed E-state index contributed by atoms with van der Waals surface area (Å²) in [6.07, 6.45) is 6.43. The van der Waals surface area contributed by atoms with Gasteiger partial charge >= 0.3 is 0 Å². The van der Waals surface area contributed by atoms with Gasteiger partial charge in [0.25, 0.3) is 5.91 Å². The van der Waals surface area contributed by atoms with Gasteiger partial charge in [-0.05, 0) is 55.9 Å². The molecule has 24 heavy (non-hydrogen) atoms. The Hall–Kier alpha value is -2.36. The number of rotatable bonds is 5. The van der Waals surface area contributed by atoms with Crippen LogP contribution in [0.3, 0.4) is 0 Å². The van der Waals surface area contributed by atoms with Crippen LogP contribution in [0.1, 0.15) is 25.3 Å². The molecule has 4 heteroatoms. The molecule has 4 nitrogen and oxygen atoms in total. The number of likely N-dealkylation sites (tertiary alicyclic amines) is 1. The van der Waals surface area contributed by atoms with Crippen LogP contribution in [0.25, 0.3) is 0 Å². The first-order valence-electron chi connectivity index (χ1n) is 8.62. The van der Waals surface area contributed by atoms with E-state index in [1.165, 1.54) is 5.56 Å². The van der Waals surface area contributed by atoms with Crippen molar-refractivity contribution in [2.75, 3.05) is 13.1 Å². The molecule has 1 aromatic heterocycles. The van der Waals surface area contributed by atoms with Crippen molar-refractivity contribution in [3.05, 3.63) is 60.4 Å². The SMILES string of the molecule is CC(Oc1ccccc1)C(=O)N1CCC(Cc2cccnc2)CC1. The van der Waals surface area contributed by atoms with Gasteiger partial charge in [-0.1, -0.05) is 24.3 Å². The summed E-state index contributed by atoms with van der Waals surface area (Å²) in [5, 5.41) is 0. The molecule has 126 valence electrons. The Morgan fingerprint density at radius 2 is 1.96 bits per heavy atom. The predicted molar refractivity (Wildman–Crippen MR) is 93.8 cm³/mol. The van der Waals surface area contributed by atoms with Crippen molar-refractivity contribution >= 4 is 5.91 Å². The lowest BCUT2D eigenvalue weighted by Crippen LogP contribution is -2.45. The number of aromatic nitrogens is 1. The Kier molecular flexibility index (Phi) is 5.47. The number of para-hydroxylation sites is 1. The Morgan fingerprint density at radius 3 is 2.62 bits per heavy atom. The highest BCUT2D eigenvalue weighted by molar-refractivity contribution is 5.81. The third kappa shape index (κ3) is 4.34. The quantitative estimate of drug-likeness (QED) is 0.847. The van der Waals surface area contributed by atoms with Crippen LogP contribution in [0.15, 0.2) is 54.9 Å². The fraction of sp³-hybridized carbons (Fsp3) is 0.400. The van der Waals surface area contributed by atoms with Gasteiger partial charge in [-0.3, -0.25) is 9.78 Å². The maximum absolute atomic E-state index is 12.6. The van der Waals surface area contributed by atoms with E-state index in [9.17, 15) is 4.79 Å². The number of hydrogen-bond acceptors (Lipinski definition) is 3. The largest absolute Gasteiger partial charge is 0.481 e. The van der Waals surface area contributed by atoms with E-state index in [1.54, 1.807) is 6.20 Å². The lowest BCUT2D eigenvalue weighted by atomic mass is 9.90. The first-order valence-corrected chi connectivity index (χ1v) is 8.62. The van der Waals surface area contributed by atoms with E-state index in [0.29, 0.717) is 5.92 Å². The minimum atomic E-state index is -0.442. The number of ether oxygens (including phenoxy) is 1. The summed E-state index contributed by atoms with van der Waals surface area (Å²) in [6.45, 7) is 3.45. The second-order valence-corrected chi connectivity index (χ2v) is 6.41. The second kappa shape index (κ2) is 7.95. The normalized spacial score (nSPS) is 16.6. The van der Waals surface area contributed by atoms with Gasteiger partial charge in [-0.25, -0.2) is 0 Å². The standard InChI is InChI=1S/C20H24N2O2/c1-16(24-19-7-3-2-4-8-19)20(23)22-12-9-17(10-13-22)14-18-6-5-11-21-15-18/h2-8,11,15-17H,9-10,12-14H2,1H3. The van der Waals surface area contributed by atoms with Crippen LogP contribution in [0.4, 0.5) is 0 Å². The van der Waals surface area contributed by atoms with Crippen LogP contribution >= 0.6 is 0 Å². The molecule has 0 saturated carbocycles. The zero-order valence-electron chi connectivity index (χ0n) is 14.1. The Balaban J connectivity index is 1.48. The van der Waals surface area contributed by atoms with Crippen molar-refractivity contribution in [2.45, 2.75) is 32.3 Å². The van der Waals surface area contributed by atoms with E-state index in [-0.39, 0.29) is 5.91 Å². The highest BCUT2D eigenvalue weighted by Crippen LogP contribution is 2.22. The number of benzene rings is 1. The maximum atomic E-state index is 12.6. The Bertz CT molecular complexity index is 637. The summed E-state index contributed by atoms with van der Waals surface area (Å²) in [7, 11) is 0. The number of amides is 1. The minimum Gasteiger partial charge on any atom is -0.481 e. The summed E-state index contributed by atoms with van der Waals surface area (Å²) in [5.74, 6) is 1.45. The number of carbonyl (C=O) groups excluding carboxylic acids is 1.